The number of amides is 3. The molecule has 3 rings (SSSR count). The lowest BCUT2D eigenvalue weighted by Crippen LogP contribution is -2.46. The van der Waals surface area contributed by atoms with Crippen molar-refractivity contribution in [3.8, 4) is 0 Å². The van der Waals surface area contributed by atoms with Crippen LogP contribution in [0.5, 0.6) is 0 Å². The molecule has 0 aliphatic carbocycles. The quantitative estimate of drug-likeness (QED) is 0.708. The first-order chi connectivity index (χ1) is 14.0. The Morgan fingerprint density at radius 3 is 2.59 bits per heavy atom. The number of thioether (sulfide) groups is 1. The Morgan fingerprint density at radius 1 is 1.24 bits per heavy atom. The molecule has 3 amide bonds. The van der Waals surface area contributed by atoms with E-state index in [1.165, 1.54) is 17.3 Å². The standard InChI is InChI=1S/C19H18ClN5O3S/c1-2-25-16(26)11-15(18(28)22-14-5-3-13(20)4-6-14)29-19(25)24-23-17(27)12-7-9-21-10-8-12/h3-10,15H,2,11H2,1H3,(H,22,28)(H,23,27). The smallest absolute Gasteiger partial charge is 0.271 e. The number of hydrogen-bond acceptors (Lipinski definition) is 6. The average Bonchev–Trinajstić information content (AvgIpc) is 2.73. The molecule has 1 aromatic carbocycles. The molecule has 2 aromatic rings. The van der Waals surface area contributed by atoms with E-state index in [-0.39, 0.29) is 23.4 Å². The zero-order valence-corrected chi connectivity index (χ0v) is 17.0. The van der Waals surface area contributed by atoms with E-state index in [1.807, 2.05) is 0 Å². The van der Waals surface area contributed by atoms with Crippen molar-refractivity contribution >= 4 is 51.9 Å². The predicted octanol–water partition coefficient (Wildman–Crippen LogP) is 2.73. The van der Waals surface area contributed by atoms with E-state index in [0.29, 0.717) is 22.8 Å². The molecule has 1 atom stereocenters. The Bertz CT molecular complexity index is 937. The molecular formula is C19H18ClN5O3S. The summed E-state index contributed by atoms with van der Waals surface area (Å²) in [6.07, 6.45) is 3.03. The Labute approximate surface area is 176 Å². The summed E-state index contributed by atoms with van der Waals surface area (Å²) < 4.78 is 0. The number of carbonyl (C=O) groups is 3. The summed E-state index contributed by atoms with van der Waals surface area (Å²) >= 11 is 6.98. The zero-order valence-electron chi connectivity index (χ0n) is 15.5. The lowest BCUT2D eigenvalue weighted by Gasteiger charge is -2.30. The molecule has 1 fully saturated rings. The van der Waals surface area contributed by atoms with E-state index in [1.54, 1.807) is 43.3 Å². The molecule has 0 radical (unpaired) electrons. The zero-order chi connectivity index (χ0) is 20.8. The van der Waals surface area contributed by atoms with E-state index in [4.69, 9.17) is 11.6 Å². The second-order valence-electron chi connectivity index (χ2n) is 6.02. The third-order valence-corrected chi connectivity index (χ3v) is 5.50. The Morgan fingerprint density at radius 2 is 1.93 bits per heavy atom. The summed E-state index contributed by atoms with van der Waals surface area (Å²) in [7, 11) is 0. The Kier molecular flexibility index (Phi) is 6.84. The number of pyridine rings is 1. The van der Waals surface area contributed by atoms with Gasteiger partial charge in [0.05, 0.1) is 0 Å². The maximum absolute atomic E-state index is 12.6. The number of nitrogens with one attached hydrogen (secondary N) is 2. The summed E-state index contributed by atoms with van der Waals surface area (Å²) in [6.45, 7) is 2.17. The molecule has 8 nitrogen and oxygen atoms in total. The van der Waals surface area contributed by atoms with Gasteiger partial charge in [-0.1, -0.05) is 23.4 Å². The number of hydrogen-bond donors (Lipinski definition) is 2. The van der Waals surface area contributed by atoms with Gasteiger partial charge in [-0.3, -0.25) is 24.3 Å². The van der Waals surface area contributed by atoms with Crippen molar-refractivity contribution in [2.75, 3.05) is 11.9 Å². The number of nitrogens with zero attached hydrogens (tertiary/aromatic N) is 3. The third-order valence-electron chi connectivity index (χ3n) is 4.06. The number of anilines is 1. The molecule has 29 heavy (non-hydrogen) atoms. The van der Waals surface area contributed by atoms with E-state index >= 15 is 0 Å². The molecule has 2 N–H and O–H groups in total. The maximum Gasteiger partial charge on any atom is 0.271 e. The first-order valence-corrected chi connectivity index (χ1v) is 10.0. The predicted molar refractivity (Wildman–Crippen MR) is 113 cm³/mol. The number of rotatable bonds is 5. The Hall–Kier alpha value is -2.91. The highest BCUT2D eigenvalue weighted by Gasteiger charge is 2.35. The summed E-state index contributed by atoms with van der Waals surface area (Å²) in [5.41, 5.74) is 3.39. The Balaban J connectivity index is 1.71. The van der Waals surface area contributed by atoms with Gasteiger partial charge < -0.3 is 5.32 Å². The topological polar surface area (TPSA) is 104 Å². The van der Waals surface area contributed by atoms with Crippen LogP contribution in [-0.2, 0) is 9.59 Å². The molecule has 1 unspecified atom stereocenters. The highest BCUT2D eigenvalue weighted by Crippen LogP contribution is 2.27. The maximum atomic E-state index is 12.6. The lowest BCUT2D eigenvalue weighted by atomic mass is 10.2. The number of hydrazone groups is 1. The molecule has 2 heterocycles. The highest BCUT2D eigenvalue weighted by atomic mass is 35.5. The average molecular weight is 432 g/mol. The fraction of sp³-hybridized carbons (Fsp3) is 0.211. The highest BCUT2D eigenvalue weighted by molar-refractivity contribution is 8.15. The summed E-state index contributed by atoms with van der Waals surface area (Å²) in [5, 5.41) is 7.00. The third kappa shape index (κ3) is 5.33. The SMILES string of the molecule is CCN1C(=O)CC(C(=O)Nc2ccc(Cl)cc2)SC1=NNC(=O)c1ccncc1. The molecule has 1 aliphatic rings. The normalized spacial score (nSPS) is 17.9. The van der Waals surface area contributed by atoms with Crippen LogP contribution in [0.2, 0.25) is 5.02 Å². The van der Waals surface area contributed by atoms with Crippen LogP contribution in [0.15, 0.2) is 53.9 Å². The molecule has 150 valence electrons. The minimum absolute atomic E-state index is 0.0370. The lowest BCUT2D eigenvalue weighted by molar-refractivity contribution is -0.129. The van der Waals surface area contributed by atoms with Crippen LogP contribution in [0.1, 0.15) is 23.7 Å². The molecule has 0 bridgehead atoms. The molecule has 10 heteroatoms. The molecule has 1 aromatic heterocycles. The fourth-order valence-electron chi connectivity index (χ4n) is 2.57. The van der Waals surface area contributed by atoms with E-state index in [2.05, 4.69) is 20.8 Å². The largest absolute Gasteiger partial charge is 0.325 e. The van der Waals surface area contributed by atoms with Gasteiger partial charge >= 0.3 is 0 Å². The molecule has 1 saturated heterocycles. The number of halogens is 1. The van der Waals surface area contributed by atoms with E-state index in [9.17, 15) is 14.4 Å². The summed E-state index contributed by atoms with van der Waals surface area (Å²) in [4.78, 5) is 42.6. The van der Waals surface area contributed by atoms with Gasteiger partial charge in [0.2, 0.25) is 11.8 Å². The molecule has 1 aliphatic heterocycles. The summed E-state index contributed by atoms with van der Waals surface area (Å²) in [5.74, 6) is -0.995. The number of amidine groups is 1. The van der Waals surface area contributed by atoms with Gasteiger partial charge in [-0.15, -0.1) is 5.10 Å². The van der Waals surface area contributed by atoms with Crippen LogP contribution in [0.25, 0.3) is 0 Å². The molecular weight excluding hydrogens is 414 g/mol. The van der Waals surface area contributed by atoms with Gasteiger partial charge in [0.15, 0.2) is 5.17 Å². The van der Waals surface area contributed by atoms with Crippen molar-refractivity contribution in [1.29, 1.82) is 0 Å². The van der Waals surface area contributed by atoms with Crippen LogP contribution < -0.4 is 10.7 Å². The van der Waals surface area contributed by atoms with Crippen molar-refractivity contribution in [2.45, 2.75) is 18.6 Å². The van der Waals surface area contributed by atoms with Crippen LogP contribution in [0.4, 0.5) is 5.69 Å². The van der Waals surface area contributed by atoms with Crippen LogP contribution in [0, 0.1) is 0 Å². The van der Waals surface area contributed by atoms with Gasteiger partial charge in [-0.05, 0) is 43.3 Å². The monoisotopic (exact) mass is 431 g/mol. The van der Waals surface area contributed by atoms with Gasteiger partial charge in [0.1, 0.15) is 5.25 Å². The number of benzene rings is 1. The number of carbonyl (C=O) groups excluding carboxylic acids is 3. The second-order valence-corrected chi connectivity index (χ2v) is 7.62. The first kappa shape index (κ1) is 20.8. The van der Waals surface area contributed by atoms with Crippen LogP contribution >= 0.6 is 23.4 Å². The van der Waals surface area contributed by atoms with Crippen molar-refractivity contribution in [1.82, 2.24) is 15.3 Å². The number of aromatic nitrogens is 1. The van der Waals surface area contributed by atoms with Gasteiger partial charge in [-0.25, -0.2) is 5.43 Å². The molecule has 0 saturated carbocycles. The van der Waals surface area contributed by atoms with Crippen LogP contribution in [0.3, 0.4) is 0 Å². The van der Waals surface area contributed by atoms with Crippen molar-refractivity contribution in [3.63, 3.8) is 0 Å². The van der Waals surface area contributed by atoms with E-state index in [0.717, 1.165) is 11.8 Å². The minimum Gasteiger partial charge on any atom is -0.325 e. The van der Waals surface area contributed by atoms with Gasteiger partial charge in [0, 0.05) is 41.6 Å². The van der Waals surface area contributed by atoms with Crippen molar-refractivity contribution < 1.29 is 14.4 Å². The molecule has 0 spiro atoms. The van der Waals surface area contributed by atoms with Gasteiger partial charge in [-0.2, -0.15) is 0 Å². The summed E-state index contributed by atoms with van der Waals surface area (Å²) in [6, 6.07) is 9.78. The van der Waals surface area contributed by atoms with Crippen molar-refractivity contribution in [3.05, 3.63) is 59.4 Å². The van der Waals surface area contributed by atoms with Crippen molar-refractivity contribution in [2.24, 2.45) is 5.10 Å². The van der Waals surface area contributed by atoms with Gasteiger partial charge in [0.25, 0.3) is 5.91 Å². The second kappa shape index (κ2) is 9.53. The minimum atomic E-state index is -0.669. The van der Waals surface area contributed by atoms with Crippen LogP contribution in [-0.4, -0.2) is 44.6 Å². The fourth-order valence-corrected chi connectivity index (χ4v) is 3.80. The first-order valence-electron chi connectivity index (χ1n) is 8.79. The van der Waals surface area contributed by atoms with E-state index < -0.39 is 11.2 Å².